The standard InChI is InChI=1S/C19H19N5O3/c1-22-16(25)12-15(21-19(22)27)23-8-10-24(11-9-23)18(26)17-14-5-3-2-4-13(14)6-7-20-17/h2-7,12H,8-11H2,1H3,(H,21,27). The van der Waals surface area contributed by atoms with Crippen LogP contribution in [0.1, 0.15) is 10.5 Å². The number of anilines is 1. The molecule has 2 aromatic heterocycles. The van der Waals surface area contributed by atoms with Gasteiger partial charge in [-0.1, -0.05) is 24.3 Å². The minimum Gasteiger partial charge on any atom is -0.354 e. The van der Waals surface area contributed by atoms with Crippen LogP contribution in [-0.4, -0.2) is 51.5 Å². The summed E-state index contributed by atoms with van der Waals surface area (Å²) in [5.74, 6) is 0.377. The summed E-state index contributed by atoms with van der Waals surface area (Å²) in [6.07, 6.45) is 1.65. The summed E-state index contributed by atoms with van der Waals surface area (Å²) in [4.78, 5) is 47.2. The molecular weight excluding hydrogens is 346 g/mol. The number of H-pyrrole nitrogens is 1. The van der Waals surface area contributed by atoms with Crippen molar-refractivity contribution in [2.75, 3.05) is 31.1 Å². The van der Waals surface area contributed by atoms with Gasteiger partial charge in [-0.3, -0.25) is 24.1 Å². The zero-order valence-electron chi connectivity index (χ0n) is 14.9. The molecule has 0 radical (unpaired) electrons. The molecule has 4 rings (SSSR count). The lowest BCUT2D eigenvalue weighted by Gasteiger charge is -2.35. The minimum absolute atomic E-state index is 0.107. The molecule has 3 heterocycles. The first-order chi connectivity index (χ1) is 13.0. The number of aromatic nitrogens is 3. The highest BCUT2D eigenvalue weighted by atomic mass is 16.2. The van der Waals surface area contributed by atoms with Crippen LogP contribution in [0.25, 0.3) is 10.8 Å². The molecule has 1 N–H and O–H groups in total. The molecule has 1 aliphatic heterocycles. The highest BCUT2D eigenvalue weighted by Gasteiger charge is 2.25. The molecule has 1 aromatic carbocycles. The van der Waals surface area contributed by atoms with Gasteiger partial charge >= 0.3 is 5.69 Å². The van der Waals surface area contributed by atoms with Gasteiger partial charge in [0.25, 0.3) is 11.5 Å². The van der Waals surface area contributed by atoms with Crippen LogP contribution in [-0.2, 0) is 7.05 Å². The lowest BCUT2D eigenvalue weighted by atomic mass is 10.1. The van der Waals surface area contributed by atoms with Crippen molar-refractivity contribution in [1.82, 2.24) is 19.4 Å². The van der Waals surface area contributed by atoms with Gasteiger partial charge in [-0.2, -0.15) is 0 Å². The van der Waals surface area contributed by atoms with E-state index in [1.165, 1.54) is 13.1 Å². The summed E-state index contributed by atoms with van der Waals surface area (Å²) >= 11 is 0. The third-order valence-corrected chi connectivity index (χ3v) is 4.91. The van der Waals surface area contributed by atoms with Crippen LogP contribution < -0.4 is 16.1 Å². The molecule has 27 heavy (non-hydrogen) atoms. The summed E-state index contributed by atoms with van der Waals surface area (Å²) in [5.41, 5.74) is -0.355. The molecular formula is C19H19N5O3. The van der Waals surface area contributed by atoms with Gasteiger partial charge in [0.2, 0.25) is 0 Å². The van der Waals surface area contributed by atoms with Crippen molar-refractivity contribution in [2.24, 2.45) is 7.05 Å². The van der Waals surface area contributed by atoms with Crippen molar-refractivity contribution in [3.63, 3.8) is 0 Å². The second kappa shape index (κ2) is 6.71. The molecule has 0 atom stereocenters. The Balaban J connectivity index is 1.53. The number of hydrogen-bond donors (Lipinski definition) is 1. The number of rotatable bonds is 2. The molecule has 8 heteroatoms. The van der Waals surface area contributed by atoms with E-state index in [2.05, 4.69) is 9.97 Å². The summed E-state index contributed by atoms with van der Waals surface area (Å²) in [7, 11) is 1.43. The van der Waals surface area contributed by atoms with Crippen LogP contribution in [0.2, 0.25) is 0 Å². The molecule has 1 aliphatic rings. The molecule has 0 unspecified atom stereocenters. The second-order valence-corrected chi connectivity index (χ2v) is 6.52. The Kier molecular flexibility index (Phi) is 4.23. The lowest BCUT2D eigenvalue weighted by Crippen LogP contribution is -2.50. The Morgan fingerprint density at radius 3 is 2.56 bits per heavy atom. The molecule has 0 aliphatic carbocycles. The summed E-state index contributed by atoms with van der Waals surface area (Å²) in [6, 6.07) is 11.0. The number of nitrogens with zero attached hydrogens (tertiary/aromatic N) is 4. The molecule has 0 saturated carbocycles. The van der Waals surface area contributed by atoms with Gasteiger partial charge in [0.15, 0.2) is 0 Å². The van der Waals surface area contributed by atoms with E-state index >= 15 is 0 Å². The van der Waals surface area contributed by atoms with Crippen molar-refractivity contribution in [1.29, 1.82) is 0 Å². The highest BCUT2D eigenvalue weighted by Crippen LogP contribution is 2.19. The number of piperazine rings is 1. The second-order valence-electron chi connectivity index (χ2n) is 6.52. The smallest absolute Gasteiger partial charge is 0.329 e. The van der Waals surface area contributed by atoms with Crippen molar-refractivity contribution >= 4 is 22.5 Å². The Morgan fingerprint density at radius 1 is 1.07 bits per heavy atom. The van der Waals surface area contributed by atoms with E-state index in [1.54, 1.807) is 11.1 Å². The van der Waals surface area contributed by atoms with Crippen molar-refractivity contribution < 1.29 is 4.79 Å². The molecule has 138 valence electrons. The zero-order valence-corrected chi connectivity index (χ0v) is 14.9. The number of fused-ring (bicyclic) bond motifs is 1. The van der Waals surface area contributed by atoms with E-state index in [1.807, 2.05) is 35.2 Å². The van der Waals surface area contributed by atoms with Gasteiger partial charge in [0.1, 0.15) is 11.5 Å². The number of pyridine rings is 1. The number of nitrogens with one attached hydrogen (secondary N) is 1. The van der Waals surface area contributed by atoms with Crippen LogP contribution in [0.5, 0.6) is 0 Å². The van der Waals surface area contributed by atoms with Crippen LogP contribution in [0.4, 0.5) is 5.82 Å². The normalized spacial score (nSPS) is 14.6. The Morgan fingerprint density at radius 2 is 1.81 bits per heavy atom. The average molecular weight is 365 g/mol. The van der Waals surface area contributed by atoms with Gasteiger partial charge < -0.3 is 9.80 Å². The van der Waals surface area contributed by atoms with Crippen molar-refractivity contribution in [3.8, 4) is 0 Å². The average Bonchev–Trinajstić information content (AvgIpc) is 2.71. The largest absolute Gasteiger partial charge is 0.354 e. The van der Waals surface area contributed by atoms with E-state index < -0.39 is 5.69 Å². The first-order valence-corrected chi connectivity index (χ1v) is 8.73. The highest BCUT2D eigenvalue weighted by molar-refractivity contribution is 6.05. The lowest BCUT2D eigenvalue weighted by molar-refractivity contribution is 0.0743. The third-order valence-electron chi connectivity index (χ3n) is 4.91. The van der Waals surface area contributed by atoms with E-state index in [-0.39, 0.29) is 11.5 Å². The Labute approximate surface area is 154 Å². The van der Waals surface area contributed by atoms with Gasteiger partial charge in [-0.05, 0) is 11.5 Å². The molecule has 3 aromatic rings. The predicted molar refractivity (Wildman–Crippen MR) is 102 cm³/mol. The topological polar surface area (TPSA) is 91.3 Å². The van der Waals surface area contributed by atoms with E-state index in [9.17, 15) is 14.4 Å². The molecule has 1 amide bonds. The Bertz CT molecular complexity index is 1090. The van der Waals surface area contributed by atoms with Crippen LogP contribution in [0, 0.1) is 0 Å². The number of hydrogen-bond acceptors (Lipinski definition) is 5. The monoisotopic (exact) mass is 365 g/mol. The quantitative estimate of drug-likeness (QED) is 0.718. The first-order valence-electron chi connectivity index (χ1n) is 8.73. The molecule has 1 saturated heterocycles. The number of amides is 1. The zero-order chi connectivity index (χ0) is 19.0. The van der Waals surface area contributed by atoms with E-state index in [4.69, 9.17) is 0 Å². The van der Waals surface area contributed by atoms with Gasteiger partial charge in [0, 0.05) is 50.9 Å². The maximum absolute atomic E-state index is 12.9. The summed E-state index contributed by atoms with van der Waals surface area (Å²) < 4.78 is 1.02. The van der Waals surface area contributed by atoms with Gasteiger partial charge in [0.05, 0.1) is 0 Å². The number of carbonyl (C=O) groups excluding carboxylic acids is 1. The molecule has 0 spiro atoms. The molecule has 0 bridgehead atoms. The van der Waals surface area contributed by atoms with Crippen LogP contribution in [0.15, 0.2) is 52.2 Å². The maximum atomic E-state index is 12.9. The maximum Gasteiger partial charge on any atom is 0.329 e. The number of aromatic amines is 1. The molecule has 8 nitrogen and oxygen atoms in total. The summed E-state index contributed by atoms with van der Waals surface area (Å²) in [6.45, 7) is 2.03. The minimum atomic E-state index is -0.448. The molecule has 1 fully saturated rings. The number of carbonyl (C=O) groups is 1. The Hall–Kier alpha value is -3.42. The fourth-order valence-corrected chi connectivity index (χ4v) is 3.30. The fraction of sp³-hybridized carbons (Fsp3) is 0.263. The third kappa shape index (κ3) is 3.10. The van der Waals surface area contributed by atoms with Crippen LogP contribution in [0.3, 0.4) is 0 Å². The SMILES string of the molecule is Cn1c(=O)cc(N2CCN(C(=O)c3nccc4ccccc34)CC2)[nH]c1=O. The van der Waals surface area contributed by atoms with E-state index in [0.29, 0.717) is 37.7 Å². The fourth-order valence-electron chi connectivity index (χ4n) is 3.30. The number of benzene rings is 1. The summed E-state index contributed by atoms with van der Waals surface area (Å²) in [5, 5.41) is 1.82. The predicted octanol–water partition coefficient (Wildman–Crippen LogP) is 0.584. The van der Waals surface area contributed by atoms with Crippen molar-refractivity contribution in [2.45, 2.75) is 0 Å². The van der Waals surface area contributed by atoms with Gasteiger partial charge in [-0.15, -0.1) is 0 Å². The van der Waals surface area contributed by atoms with Crippen LogP contribution >= 0.6 is 0 Å². The van der Waals surface area contributed by atoms with E-state index in [0.717, 1.165) is 15.3 Å². The van der Waals surface area contributed by atoms with Crippen molar-refractivity contribution in [3.05, 3.63) is 69.1 Å². The van der Waals surface area contributed by atoms with Gasteiger partial charge in [-0.25, -0.2) is 4.79 Å². The first kappa shape index (κ1) is 17.0.